The predicted molar refractivity (Wildman–Crippen MR) is 79.3 cm³/mol. The van der Waals surface area contributed by atoms with Crippen LogP contribution >= 0.6 is 0 Å². The largest absolute Gasteiger partial charge is 0.437 e. The number of ether oxygens (including phenoxy) is 1. The Labute approximate surface area is 119 Å². The van der Waals surface area contributed by atoms with Crippen molar-refractivity contribution in [3.63, 3.8) is 0 Å². The second-order valence-electron chi connectivity index (χ2n) is 4.86. The average Bonchev–Trinajstić information content (AvgIpc) is 2.41. The van der Waals surface area contributed by atoms with E-state index in [-0.39, 0.29) is 5.92 Å². The molecule has 106 valence electrons. The molecule has 2 rings (SSSR count). The lowest BCUT2D eigenvalue weighted by atomic mass is 10.1. The van der Waals surface area contributed by atoms with Crippen molar-refractivity contribution in [3.05, 3.63) is 35.9 Å². The van der Waals surface area contributed by atoms with Gasteiger partial charge in [0.25, 0.3) is 0 Å². The number of nitrogens with zero attached hydrogens (tertiary/aromatic N) is 3. The summed E-state index contributed by atoms with van der Waals surface area (Å²) in [7, 11) is 0. The topological polar surface area (TPSA) is 59.9 Å². The Kier molecular flexibility index (Phi) is 4.50. The van der Waals surface area contributed by atoms with Crippen molar-refractivity contribution >= 4 is 5.82 Å². The van der Waals surface area contributed by atoms with Crippen LogP contribution in [0, 0.1) is 6.92 Å². The summed E-state index contributed by atoms with van der Waals surface area (Å²) >= 11 is 0. The van der Waals surface area contributed by atoms with E-state index < -0.39 is 0 Å². The minimum Gasteiger partial charge on any atom is -0.437 e. The van der Waals surface area contributed by atoms with E-state index in [1.54, 1.807) is 6.20 Å². The van der Waals surface area contributed by atoms with E-state index in [0.717, 1.165) is 23.6 Å². The minimum atomic E-state index is 0.263. The molecule has 0 aliphatic heterocycles. The number of rotatable bonds is 5. The highest BCUT2D eigenvalue weighted by Crippen LogP contribution is 2.32. The van der Waals surface area contributed by atoms with Gasteiger partial charge in [0, 0.05) is 12.2 Å². The van der Waals surface area contributed by atoms with Crippen molar-refractivity contribution in [2.45, 2.75) is 33.6 Å². The molecular weight excluding hydrogens is 252 g/mol. The first kappa shape index (κ1) is 14.2. The molecule has 0 aromatic carbocycles. The van der Waals surface area contributed by atoms with Gasteiger partial charge in [-0.1, -0.05) is 13.8 Å². The Morgan fingerprint density at radius 2 is 2.00 bits per heavy atom. The van der Waals surface area contributed by atoms with Crippen molar-refractivity contribution < 1.29 is 4.74 Å². The molecular formula is C15H20N4O. The molecule has 0 unspecified atom stereocenters. The SMILES string of the molecule is CCNc1ncnc(Oc2ccc(C)nc2)c1C(C)C. The van der Waals surface area contributed by atoms with Gasteiger partial charge in [0.2, 0.25) is 5.88 Å². The zero-order valence-corrected chi connectivity index (χ0v) is 12.3. The number of anilines is 1. The Balaban J connectivity index is 2.35. The van der Waals surface area contributed by atoms with Crippen LogP contribution < -0.4 is 10.1 Å². The van der Waals surface area contributed by atoms with Crippen LogP contribution in [0.4, 0.5) is 5.82 Å². The zero-order chi connectivity index (χ0) is 14.5. The third kappa shape index (κ3) is 3.23. The summed E-state index contributed by atoms with van der Waals surface area (Å²) in [5.74, 6) is 2.35. The number of pyridine rings is 1. The summed E-state index contributed by atoms with van der Waals surface area (Å²) in [6, 6.07) is 3.80. The molecule has 2 aromatic rings. The molecule has 0 atom stereocenters. The number of hydrogen-bond donors (Lipinski definition) is 1. The van der Waals surface area contributed by atoms with E-state index in [1.165, 1.54) is 6.33 Å². The summed E-state index contributed by atoms with van der Waals surface area (Å²) < 4.78 is 5.86. The number of hydrogen-bond acceptors (Lipinski definition) is 5. The van der Waals surface area contributed by atoms with Gasteiger partial charge < -0.3 is 10.1 Å². The molecule has 0 aliphatic rings. The van der Waals surface area contributed by atoms with E-state index in [2.05, 4.69) is 34.1 Å². The number of aromatic nitrogens is 3. The van der Waals surface area contributed by atoms with E-state index in [0.29, 0.717) is 11.6 Å². The first-order chi connectivity index (χ1) is 9.61. The van der Waals surface area contributed by atoms with Gasteiger partial charge in [-0.3, -0.25) is 4.98 Å². The Morgan fingerprint density at radius 1 is 1.20 bits per heavy atom. The third-order valence-electron chi connectivity index (χ3n) is 2.87. The van der Waals surface area contributed by atoms with Crippen LogP contribution in [0.25, 0.3) is 0 Å². The van der Waals surface area contributed by atoms with E-state index >= 15 is 0 Å². The van der Waals surface area contributed by atoms with Crippen LogP contribution in [0.5, 0.6) is 11.6 Å². The van der Waals surface area contributed by atoms with Gasteiger partial charge in [0.05, 0.1) is 11.8 Å². The van der Waals surface area contributed by atoms with Crippen molar-refractivity contribution in [3.8, 4) is 11.6 Å². The molecule has 5 heteroatoms. The first-order valence-corrected chi connectivity index (χ1v) is 6.81. The highest BCUT2D eigenvalue weighted by atomic mass is 16.5. The molecule has 0 spiro atoms. The summed E-state index contributed by atoms with van der Waals surface area (Å²) in [4.78, 5) is 12.8. The van der Waals surface area contributed by atoms with Crippen molar-refractivity contribution in [1.82, 2.24) is 15.0 Å². The molecule has 0 bridgehead atoms. The monoisotopic (exact) mass is 272 g/mol. The van der Waals surface area contributed by atoms with Crippen molar-refractivity contribution in [2.24, 2.45) is 0 Å². The maximum Gasteiger partial charge on any atom is 0.227 e. The predicted octanol–water partition coefficient (Wildman–Crippen LogP) is 3.53. The van der Waals surface area contributed by atoms with Gasteiger partial charge in [0.15, 0.2) is 0 Å². The molecule has 1 N–H and O–H groups in total. The molecule has 2 aromatic heterocycles. The normalized spacial score (nSPS) is 10.7. The molecule has 0 aliphatic carbocycles. The van der Waals surface area contributed by atoms with Gasteiger partial charge in [-0.05, 0) is 31.9 Å². The van der Waals surface area contributed by atoms with Crippen molar-refractivity contribution in [1.29, 1.82) is 0 Å². The number of nitrogens with one attached hydrogen (secondary N) is 1. The Hall–Kier alpha value is -2.17. The number of aryl methyl sites for hydroxylation is 1. The van der Waals surface area contributed by atoms with E-state index in [1.807, 2.05) is 26.0 Å². The van der Waals surface area contributed by atoms with Crippen LogP contribution in [0.1, 0.15) is 37.9 Å². The second kappa shape index (κ2) is 6.32. The summed E-state index contributed by atoms with van der Waals surface area (Å²) in [5.41, 5.74) is 1.94. The molecule has 2 heterocycles. The van der Waals surface area contributed by atoms with Gasteiger partial charge in [-0.2, -0.15) is 0 Å². The molecule has 0 radical (unpaired) electrons. The maximum atomic E-state index is 5.86. The fourth-order valence-corrected chi connectivity index (χ4v) is 1.92. The summed E-state index contributed by atoms with van der Waals surface area (Å²) in [5, 5.41) is 3.25. The van der Waals surface area contributed by atoms with Crippen LogP contribution in [0.3, 0.4) is 0 Å². The van der Waals surface area contributed by atoms with Crippen LogP contribution in [0.2, 0.25) is 0 Å². The Bertz CT molecular complexity index is 567. The lowest BCUT2D eigenvalue weighted by Gasteiger charge is -2.16. The van der Waals surface area contributed by atoms with Gasteiger partial charge in [-0.15, -0.1) is 0 Å². The maximum absolute atomic E-state index is 5.86. The molecule has 5 nitrogen and oxygen atoms in total. The summed E-state index contributed by atoms with van der Waals surface area (Å²) in [6.45, 7) is 8.98. The van der Waals surface area contributed by atoms with Gasteiger partial charge >= 0.3 is 0 Å². The fourth-order valence-electron chi connectivity index (χ4n) is 1.92. The molecule has 0 amide bonds. The van der Waals surface area contributed by atoms with Crippen LogP contribution in [-0.2, 0) is 0 Å². The molecule has 0 fully saturated rings. The smallest absolute Gasteiger partial charge is 0.227 e. The average molecular weight is 272 g/mol. The lowest BCUT2D eigenvalue weighted by Crippen LogP contribution is -2.07. The van der Waals surface area contributed by atoms with E-state index in [9.17, 15) is 0 Å². The Morgan fingerprint density at radius 3 is 2.60 bits per heavy atom. The fraction of sp³-hybridized carbons (Fsp3) is 0.400. The highest BCUT2D eigenvalue weighted by Gasteiger charge is 2.16. The lowest BCUT2D eigenvalue weighted by molar-refractivity contribution is 0.449. The van der Waals surface area contributed by atoms with Crippen LogP contribution in [-0.4, -0.2) is 21.5 Å². The quantitative estimate of drug-likeness (QED) is 0.902. The third-order valence-corrected chi connectivity index (χ3v) is 2.87. The van der Waals surface area contributed by atoms with Gasteiger partial charge in [0.1, 0.15) is 17.9 Å². The molecule has 0 saturated carbocycles. The second-order valence-corrected chi connectivity index (χ2v) is 4.86. The zero-order valence-electron chi connectivity index (χ0n) is 12.3. The molecule has 0 saturated heterocycles. The minimum absolute atomic E-state index is 0.263. The summed E-state index contributed by atoms with van der Waals surface area (Å²) in [6.07, 6.45) is 3.22. The van der Waals surface area contributed by atoms with E-state index in [4.69, 9.17) is 4.74 Å². The standard InChI is InChI=1S/C15H20N4O/c1-5-16-14-13(10(2)3)15(19-9-18-14)20-12-7-6-11(4)17-8-12/h6-10H,5H2,1-4H3,(H,16,18,19). The molecule has 20 heavy (non-hydrogen) atoms. The van der Waals surface area contributed by atoms with Gasteiger partial charge in [-0.25, -0.2) is 9.97 Å². The van der Waals surface area contributed by atoms with Crippen molar-refractivity contribution in [2.75, 3.05) is 11.9 Å². The highest BCUT2D eigenvalue weighted by molar-refractivity contribution is 5.51. The first-order valence-electron chi connectivity index (χ1n) is 6.81. The van der Waals surface area contributed by atoms with Crippen LogP contribution in [0.15, 0.2) is 24.7 Å².